The number of aromatic nitrogens is 2. The molecule has 160 valence electrons. The zero-order valence-electron chi connectivity index (χ0n) is 18.0. The Morgan fingerprint density at radius 1 is 0.969 bits per heavy atom. The van der Waals surface area contributed by atoms with Crippen molar-refractivity contribution in [2.45, 2.75) is 19.3 Å². The largest absolute Gasteiger partial charge is 0.322 e. The van der Waals surface area contributed by atoms with Gasteiger partial charge in [0.2, 0.25) is 0 Å². The lowest BCUT2D eigenvalue weighted by Gasteiger charge is -2.14. The minimum atomic E-state index is -0.140. The second-order valence-corrected chi connectivity index (χ2v) is 8.26. The summed E-state index contributed by atoms with van der Waals surface area (Å²) in [6.45, 7) is 3.54. The molecule has 0 spiro atoms. The molecule has 3 heterocycles. The number of carbonyl (C=O) groups excluding carboxylic acids is 1. The molecule has 1 saturated heterocycles. The number of hydrogen-bond acceptors (Lipinski definition) is 4. The van der Waals surface area contributed by atoms with Gasteiger partial charge in [0.05, 0.1) is 16.8 Å². The summed E-state index contributed by atoms with van der Waals surface area (Å²) in [5.41, 5.74) is 5.10. The van der Waals surface area contributed by atoms with E-state index in [1.165, 1.54) is 31.5 Å². The Morgan fingerprint density at radius 3 is 2.56 bits per heavy atom. The smallest absolute Gasteiger partial charge is 0.256 e. The highest BCUT2D eigenvalue weighted by Crippen LogP contribution is 2.25. The Kier molecular flexibility index (Phi) is 5.90. The second-order valence-electron chi connectivity index (χ2n) is 8.26. The van der Waals surface area contributed by atoms with Crippen molar-refractivity contribution in [1.82, 2.24) is 14.9 Å². The lowest BCUT2D eigenvalue weighted by Crippen LogP contribution is -2.21. The van der Waals surface area contributed by atoms with Crippen molar-refractivity contribution in [2.24, 2.45) is 0 Å². The van der Waals surface area contributed by atoms with Crippen LogP contribution in [0.25, 0.3) is 22.2 Å². The standard InChI is InChI=1S/C27H26N4O/c32-27(29-22-11-9-20(10-12-22)13-17-31-15-3-4-16-31)24-18-26(21-6-5-14-28-19-21)30-25-8-2-1-7-23(24)25/h1-2,5-12,14,18-19H,3-4,13,15-17H2,(H,29,32). The molecule has 4 aromatic rings. The van der Waals surface area contributed by atoms with Crippen LogP contribution in [0, 0.1) is 0 Å². The van der Waals surface area contributed by atoms with E-state index < -0.39 is 0 Å². The van der Waals surface area contributed by atoms with Gasteiger partial charge in [0.15, 0.2) is 0 Å². The van der Waals surface area contributed by atoms with E-state index in [1.807, 2.05) is 54.6 Å². The molecule has 0 saturated carbocycles. The Hall–Kier alpha value is -3.57. The number of anilines is 1. The fourth-order valence-corrected chi connectivity index (χ4v) is 4.27. The van der Waals surface area contributed by atoms with Crippen molar-refractivity contribution in [3.05, 3.63) is 90.3 Å². The zero-order chi connectivity index (χ0) is 21.8. The molecule has 1 aliphatic rings. The lowest BCUT2D eigenvalue weighted by atomic mass is 10.0. The van der Waals surface area contributed by atoms with Gasteiger partial charge in [-0.2, -0.15) is 0 Å². The molecule has 5 heteroatoms. The van der Waals surface area contributed by atoms with Crippen LogP contribution in [-0.2, 0) is 6.42 Å². The van der Waals surface area contributed by atoms with Crippen molar-refractivity contribution in [2.75, 3.05) is 25.0 Å². The molecule has 1 N–H and O–H groups in total. The zero-order valence-corrected chi connectivity index (χ0v) is 18.0. The van der Waals surface area contributed by atoms with Crippen molar-refractivity contribution in [1.29, 1.82) is 0 Å². The number of likely N-dealkylation sites (tertiary alicyclic amines) is 1. The molecule has 1 amide bonds. The quantitative estimate of drug-likeness (QED) is 0.465. The van der Waals surface area contributed by atoms with Crippen molar-refractivity contribution in [3.8, 4) is 11.3 Å². The molecular formula is C27H26N4O. The Morgan fingerprint density at radius 2 is 1.78 bits per heavy atom. The van der Waals surface area contributed by atoms with Crippen LogP contribution in [0.3, 0.4) is 0 Å². The van der Waals surface area contributed by atoms with Crippen LogP contribution in [-0.4, -0.2) is 40.4 Å². The van der Waals surface area contributed by atoms with Gasteiger partial charge in [-0.1, -0.05) is 30.3 Å². The number of amides is 1. The summed E-state index contributed by atoms with van der Waals surface area (Å²) in [5.74, 6) is -0.140. The van der Waals surface area contributed by atoms with Crippen LogP contribution in [0.4, 0.5) is 5.69 Å². The monoisotopic (exact) mass is 422 g/mol. The highest BCUT2D eigenvalue weighted by Gasteiger charge is 2.15. The maximum atomic E-state index is 13.2. The van der Waals surface area contributed by atoms with Gasteiger partial charge in [-0.15, -0.1) is 0 Å². The molecule has 1 aliphatic heterocycles. The molecule has 0 radical (unpaired) electrons. The summed E-state index contributed by atoms with van der Waals surface area (Å²) in [5, 5.41) is 3.89. The van der Waals surface area contributed by atoms with E-state index in [4.69, 9.17) is 4.98 Å². The van der Waals surface area contributed by atoms with Crippen molar-refractivity contribution < 1.29 is 4.79 Å². The second kappa shape index (κ2) is 9.28. The minimum absolute atomic E-state index is 0.140. The van der Waals surface area contributed by atoms with Gasteiger partial charge in [-0.3, -0.25) is 9.78 Å². The molecule has 0 atom stereocenters. The Balaban J connectivity index is 1.36. The van der Waals surface area contributed by atoms with E-state index in [1.54, 1.807) is 12.4 Å². The topological polar surface area (TPSA) is 58.1 Å². The molecule has 0 aliphatic carbocycles. The molecule has 5 rings (SSSR count). The SMILES string of the molecule is O=C(Nc1ccc(CCN2CCCC2)cc1)c1cc(-c2cccnc2)nc2ccccc12. The van der Waals surface area contributed by atoms with Gasteiger partial charge in [-0.25, -0.2) is 4.98 Å². The number of carbonyl (C=O) groups is 1. The maximum absolute atomic E-state index is 13.2. The maximum Gasteiger partial charge on any atom is 0.256 e. The van der Waals surface area contributed by atoms with E-state index in [9.17, 15) is 4.79 Å². The highest BCUT2D eigenvalue weighted by molar-refractivity contribution is 6.13. The van der Waals surface area contributed by atoms with Crippen LogP contribution in [0.1, 0.15) is 28.8 Å². The summed E-state index contributed by atoms with van der Waals surface area (Å²) >= 11 is 0. The number of nitrogens with one attached hydrogen (secondary N) is 1. The number of hydrogen-bond donors (Lipinski definition) is 1. The summed E-state index contributed by atoms with van der Waals surface area (Å²) in [4.78, 5) is 24.7. The normalized spacial score (nSPS) is 14.0. The molecular weight excluding hydrogens is 396 g/mol. The molecule has 5 nitrogen and oxygen atoms in total. The fraction of sp³-hybridized carbons (Fsp3) is 0.222. The Labute approximate surface area is 188 Å². The van der Waals surface area contributed by atoms with E-state index in [-0.39, 0.29) is 5.91 Å². The molecule has 0 unspecified atom stereocenters. The highest BCUT2D eigenvalue weighted by atomic mass is 16.1. The molecule has 1 fully saturated rings. The van der Waals surface area contributed by atoms with Gasteiger partial charge in [0.1, 0.15) is 0 Å². The molecule has 32 heavy (non-hydrogen) atoms. The summed E-state index contributed by atoms with van der Waals surface area (Å²) in [6, 6.07) is 21.6. The predicted octanol–water partition coefficient (Wildman–Crippen LogP) is 5.19. The summed E-state index contributed by atoms with van der Waals surface area (Å²) < 4.78 is 0. The van der Waals surface area contributed by atoms with E-state index in [0.717, 1.165) is 40.8 Å². The number of rotatable bonds is 6. The van der Waals surface area contributed by atoms with Gasteiger partial charge in [-0.05, 0) is 74.3 Å². The van der Waals surface area contributed by atoms with Crippen LogP contribution in [0.15, 0.2) is 79.1 Å². The first-order valence-electron chi connectivity index (χ1n) is 11.2. The third kappa shape index (κ3) is 4.53. The van der Waals surface area contributed by atoms with Crippen LogP contribution < -0.4 is 5.32 Å². The molecule has 2 aromatic carbocycles. The first kappa shape index (κ1) is 20.3. The summed E-state index contributed by atoms with van der Waals surface area (Å²) in [6.07, 6.45) is 7.17. The van der Waals surface area contributed by atoms with Crippen molar-refractivity contribution >= 4 is 22.5 Å². The minimum Gasteiger partial charge on any atom is -0.322 e. The van der Waals surface area contributed by atoms with Gasteiger partial charge >= 0.3 is 0 Å². The average molecular weight is 423 g/mol. The van der Waals surface area contributed by atoms with Gasteiger partial charge < -0.3 is 10.2 Å². The number of pyridine rings is 2. The Bertz CT molecular complexity index is 1220. The number of nitrogens with zero attached hydrogens (tertiary/aromatic N) is 3. The number of benzene rings is 2. The number of para-hydroxylation sites is 1. The van der Waals surface area contributed by atoms with E-state index in [0.29, 0.717) is 5.56 Å². The average Bonchev–Trinajstić information content (AvgIpc) is 3.37. The van der Waals surface area contributed by atoms with Crippen LogP contribution >= 0.6 is 0 Å². The first-order chi connectivity index (χ1) is 15.8. The van der Waals surface area contributed by atoms with E-state index in [2.05, 4.69) is 27.3 Å². The van der Waals surface area contributed by atoms with Crippen LogP contribution in [0.2, 0.25) is 0 Å². The third-order valence-corrected chi connectivity index (χ3v) is 6.05. The summed E-state index contributed by atoms with van der Waals surface area (Å²) in [7, 11) is 0. The third-order valence-electron chi connectivity index (χ3n) is 6.05. The van der Waals surface area contributed by atoms with Gasteiger partial charge in [0, 0.05) is 35.6 Å². The fourth-order valence-electron chi connectivity index (χ4n) is 4.27. The predicted molar refractivity (Wildman–Crippen MR) is 129 cm³/mol. The van der Waals surface area contributed by atoms with Gasteiger partial charge in [0.25, 0.3) is 5.91 Å². The van der Waals surface area contributed by atoms with Crippen molar-refractivity contribution in [3.63, 3.8) is 0 Å². The first-order valence-corrected chi connectivity index (χ1v) is 11.2. The molecule has 0 bridgehead atoms. The number of fused-ring (bicyclic) bond motifs is 1. The molecule has 2 aromatic heterocycles. The van der Waals surface area contributed by atoms with E-state index >= 15 is 0 Å². The van der Waals surface area contributed by atoms with Crippen LogP contribution in [0.5, 0.6) is 0 Å². The lowest BCUT2D eigenvalue weighted by molar-refractivity contribution is 0.102.